The van der Waals surface area contributed by atoms with Crippen LogP contribution >= 0.6 is 0 Å². The monoisotopic (exact) mass is 351 g/mol. The second-order valence-corrected chi connectivity index (χ2v) is 6.74. The standard InChI is InChI=1S/C22H25NO3/c1-16(2)14-15-19(20(24)25)23-21(26)22(3,17-10-6-4-7-11-17)18-12-8-5-9-13-18/h4-14,19H,15H2,1-3H3,(H,23,26)(H,24,25)/t19-/m0/s1. The maximum absolute atomic E-state index is 13.2. The van der Waals surface area contributed by atoms with Gasteiger partial charge in [0.2, 0.25) is 5.91 Å². The molecule has 0 aliphatic heterocycles. The van der Waals surface area contributed by atoms with E-state index in [1.807, 2.05) is 87.5 Å². The molecule has 0 bridgehead atoms. The Morgan fingerprint density at radius 1 is 1.00 bits per heavy atom. The van der Waals surface area contributed by atoms with Gasteiger partial charge in [0.1, 0.15) is 6.04 Å². The Labute approximate surface area is 154 Å². The third-order valence-electron chi connectivity index (χ3n) is 4.52. The molecule has 1 amide bonds. The first-order chi connectivity index (χ1) is 12.4. The number of carboxylic acids is 1. The van der Waals surface area contributed by atoms with E-state index in [1.54, 1.807) is 0 Å². The van der Waals surface area contributed by atoms with Crippen molar-refractivity contribution in [2.45, 2.75) is 38.6 Å². The molecular weight excluding hydrogens is 326 g/mol. The van der Waals surface area contributed by atoms with E-state index < -0.39 is 17.4 Å². The summed E-state index contributed by atoms with van der Waals surface area (Å²) in [6, 6.07) is 17.9. The largest absolute Gasteiger partial charge is 0.480 e. The summed E-state index contributed by atoms with van der Waals surface area (Å²) in [4.78, 5) is 24.8. The van der Waals surface area contributed by atoms with E-state index in [4.69, 9.17) is 0 Å². The minimum absolute atomic E-state index is 0.253. The van der Waals surface area contributed by atoms with E-state index in [-0.39, 0.29) is 12.3 Å². The fourth-order valence-electron chi connectivity index (χ4n) is 2.85. The molecule has 4 heteroatoms. The van der Waals surface area contributed by atoms with E-state index in [9.17, 15) is 14.7 Å². The van der Waals surface area contributed by atoms with Crippen LogP contribution in [0.5, 0.6) is 0 Å². The molecule has 26 heavy (non-hydrogen) atoms. The fourth-order valence-corrected chi connectivity index (χ4v) is 2.85. The van der Waals surface area contributed by atoms with Gasteiger partial charge in [-0.05, 0) is 38.3 Å². The van der Waals surface area contributed by atoms with Crippen LogP contribution < -0.4 is 5.32 Å². The maximum Gasteiger partial charge on any atom is 0.326 e. The summed E-state index contributed by atoms with van der Waals surface area (Å²) >= 11 is 0. The predicted molar refractivity (Wildman–Crippen MR) is 103 cm³/mol. The van der Waals surface area contributed by atoms with E-state index in [2.05, 4.69) is 5.32 Å². The molecule has 0 aliphatic rings. The Morgan fingerprint density at radius 2 is 1.46 bits per heavy atom. The van der Waals surface area contributed by atoms with Gasteiger partial charge in [-0.2, -0.15) is 0 Å². The molecule has 0 saturated carbocycles. The summed E-state index contributed by atoms with van der Waals surface area (Å²) in [5.74, 6) is -1.37. The number of allylic oxidation sites excluding steroid dienone is 1. The number of benzene rings is 2. The van der Waals surface area contributed by atoms with Gasteiger partial charge in [0.25, 0.3) is 0 Å². The van der Waals surface area contributed by atoms with Crippen molar-refractivity contribution in [1.29, 1.82) is 0 Å². The van der Waals surface area contributed by atoms with Gasteiger partial charge in [0.05, 0.1) is 5.41 Å². The van der Waals surface area contributed by atoms with Gasteiger partial charge in [0.15, 0.2) is 0 Å². The molecular formula is C22H25NO3. The molecule has 0 heterocycles. The van der Waals surface area contributed by atoms with Crippen LogP contribution in [0.1, 0.15) is 38.3 Å². The van der Waals surface area contributed by atoms with Crippen LogP contribution in [0.2, 0.25) is 0 Å². The van der Waals surface area contributed by atoms with Crippen LogP contribution in [0.3, 0.4) is 0 Å². The number of nitrogens with one attached hydrogen (secondary N) is 1. The van der Waals surface area contributed by atoms with Crippen LogP contribution in [0.25, 0.3) is 0 Å². The first-order valence-corrected chi connectivity index (χ1v) is 8.64. The quantitative estimate of drug-likeness (QED) is 0.743. The Morgan fingerprint density at radius 3 is 1.85 bits per heavy atom. The average Bonchev–Trinajstić information content (AvgIpc) is 2.65. The van der Waals surface area contributed by atoms with Crippen molar-refractivity contribution in [3.63, 3.8) is 0 Å². The predicted octanol–water partition coefficient (Wildman–Crippen LogP) is 3.92. The molecule has 0 radical (unpaired) electrons. The van der Waals surface area contributed by atoms with E-state index >= 15 is 0 Å². The summed E-state index contributed by atoms with van der Waals surface area (Å²) in [7, 11) is 0. The third-order valence-corrected chi connectivity index (χ3v) is 4.52. The zero-order valence-electron chi connectivity index (χ0n) is 15.4. The highest BCUT2D eigenvalue weighted by Crippen LogP contribution is 2.32. The van der Waals surface area contributed by atoms with Gasteiger partial charge in [-0.15, -0.1) is 0 Å². The summed E-state index contributed by atoms with van der Waals surface area (Å²) in [5, 5.41) is 12.2. The lowest BCUT2D eigenvalue weighted by Gasteiger charge is -2.31. The number of carbonyl (C=O) groups is 2. The minimum atomic E-state index is -1.04. The lowest BCUT2D eigenvalue weighted by atomic mass is 9.75. The number of amides is 1. The highest BCUT2D eigenvalue weighted by Gasteiger charge is 2.38. The van der Waals surface area contributed by atoms with Crippen molar-refractivity contribution >= 4 is 11.9 Å². The van der Waals surface area contributed by atoms with Crippen LogP contribution in [0.4, 0.5) is 0 Å². The van der Waals surface area contributed by atoms with Crippen molar-refractivity contribution in [1.82, 2.24) is 5.32 Å². The number of hydrogen-bond acceptors (Lipinski definition) is 2. The molecule has 2 rings (SSSR count). The van der Waals surface area contributed by atoms with Gasteiger partial charge < -0.3 is 10.4 Å². The minimum Gasteiger partial charge on any atom is -0.480 e. The maximum atomic E-state index is 13.2. The summed E-state index contributed by atoms with van der Waals surface area (Å²) in [6.45, 7) is 5.63. The number of carboxylic acid groups (broad SMARTS) is 1. The molecule has 0 saturated heterocycles. The zero-order chi connectivity index (χ0) is 19.2. The molecule has 0 fully saturated rings. The van der Waals surface area contributed by atoms with Crippen molar-refractivity contribution < 1.29 is 14.7 Å². The fraction of sp³-hybridized carbons (Fsp3) is 0.273. The zero-order valence-corrected chi connectivity index (χ0v) is 15.4. The molecule has 2 aromatic carbocycles. The first kappa shape index (κ1) is 19.4. The van der Waals surface area contributed by atoms with Crippen LogP contribution in [-0.4, -0.2) is 23.0 Å². The Hall–Kier alpha value is -2.88. The summed E-state index contributed by atoms with van der Waals surface area (Å²) < 4.78 is 0. The second kappa shape index (κ2) is 8.48. The normalized spacial score (nSPS) is 12.1. The van der Waals surface area contributed by atoms with Gasteiger partial charge in [-0.25, -0.2) is 4.79 Å². The first-order valence-electron chi connectivity index (χ1n) is 8.64. The lowest BCUT2D eigenvalue weighted by molar-refractivity contribution is -0.142. The molecule has 1 atom stereocenters. The number of rotatable bonds is 7. The van der Waals surface area contributed by atoms with Gasteiger partial charge in [0, 0.05) is 0 Å². The molecule has 0 spiro atoms. The van der Waals surface area contributed by atoms with Crippen molar-refractivity contribution in [3.05, 3.63) is 83.4 Å². The number of aliphatic carboxylic acids is 1. The van der Waals surface area contributed by atoms with E-state index in [0.29, 0.717) is 0 Å². The molecule has 2 aromatic rings. The Kier molecular flexibility index (Phi) is 6.34. The topological polar surface area (TPSA) is 66.4 Å². The number of hydrogen-bond donors (Lipinski definition) is 2. The van der Waals surface area contributed by atoms with Gasteiger partial charge >= 0.3 is 5.97 Å². The second-order valence-electron chi connectivity index (χ2n) is 6.74. The van der Waals surface area contributed by atoms with E-state index in [0.717, 1.165) is 16.7 Å². The molecule has 0 unspecified atom stereocenters. The van der Waals surface area contributed by atoms with Crippen molar-refractivity contribution in [3.8, 4) is 0 Å². The molecule has 4 nitrogen and oxygen atoms in total. The van der Waals surface area contributed by atoms with Gasteiger partial charge in [-0.1, -0.05) is 72.3 Å². The Bertz CT molecular complexity index is 738. The molecule has 2 N–H and O–H groups in total. The van der Waals surface area contributed by atoms with E-state index in [1.165, 1.54) is 0 Å². The van der Waals surface area contributed by atoms with Crippen molar-refractivity contribution in [2.24, 2.45) is 0 Å². The number of carbonyl (C=O) groups excluding carboxylic acids is 1. The van der Waals surface area contributed by atoms with Gasteiger partial charge in [-0.3, -0.25) is 4.79 Å². The van der Waals surface area contributed by atoms with Crippen LogP contribution in [0.15, 0.2) is 72.3 Å². The molecule has 136 valence electrons. The summed E-state index contributed by atoms with van der Waals surface area (Å²) in [6.07, 6.45) is 2.07. The highest BCUT2D eigenvalue weighted by molar-refractivity contribution is 5.94. The SMILES string of the molecule is CC(C)=CC[C@H](NC(=O)C(C)(c1ccccc1)c1ccccc1)C(=O)O. The lowest BCUT2D eigenvalue weighted by Crippen LogP contribution is -2.49. The molecule has 0 aliphatic carbocycles. The summed E-state index contributed by atoms with van der Waals surface area (Å²) in [5.41, 5.74) is 1.66. The average molecular weight is 351 g/mol. The van der Waals surface area contributed by atoms with Crippen LogP contribution in [0, 0.1) is 0 Å². The highest BCUT2D eigenvalue weighted by atomic mass is 16.4. The molecule has 0 aromatic heterocycles. The third kappa shape index (κ3) is 4.39. The van der Waals surface area contributed by atoms with Crippen molar-refractivity contribution in [2.75, 3.05) is 0 Å². The van der Waals surface area contributed by atoms with Crippen LogP contribution in [-0.2, 0) is 15.0 Å². The Balaban J connectivity index is 2.41. The smallest absolute Gasteiger partial charge is 0.326 e.